The second-order valence-corrected chi connectivity index (χ2v) is 7.42. The zero-order chi connectivity index (χ0) is 19.8. The number of carbonyl (C=O) groups is 1. The summed E-state index contributed by atoms with van der Waals surface area (Å²) in [5.74, 6) is 0.271. The molecule has 1 N–H and O–H groups in total. The number of amides is 1. The standard InChI is InChI=1S/C22H17N5OS/c1-2-27-18-7-4-3-6-15(18)16-12-14(8-9-19(16)27)25-21(28)17-13-29-22(26-17)20-23-10-5-11-24-20/h3-13H,2H2,1H3,(H,25,28). The van der Waals surface area contributed by atoms with Gasteiger partial charge in [-0.05, 0) is 37.3 Å². The van der Waals surface area contributed by atoms with Gasteiger partial charge in [0.1, 0.15) is 5.69 Å². The molecule has 0 fully saturated rings. The number of para-hydroxylation sites is 1. The van der Waals surface area contributed by atoms with E-state index in [0.717, 1.165) is 23.1 Å². The van der Waals surface area contributed by atoms with Crippen LogP contribution in [0.4, 0.5) is 5.69 Å². The van der Waals surface area contributed by atoms with E-state index in [1.54, 1.807) is 23.8 Å². The summed E-state index contributed by atoms with van der Waals surface area (Å²) < 4.78 is 2.28. The van der Waals surface area contributed by atoms with Gasteiger partial charge < -0.3 is 9.88 Å². The predicted octanol–water partition coefficient (Wildman–Crippen LogP) is 4.98. The average molecular weight is 399 g/mol. The molecule has 2 aromatic carbocycles. The Labute approximate surface area is 170 Å². The Morgan fingerprint density at radius 1 is 1.03 bits per heavy atom. The van der Waals surface area contributed by atoms with Gasteiger partial charge in [-0.2, -0.15) is 0 Å². The maximum Gasteiger partial charge on any atom is 0.275 e. The minimum atomic E-state index is -0.248. The van der Waals surface area contributed by atoms with Crippen LogP contribution in [0.2, 0.25) is 0 Å². The van der Waals surface area contributed by atoms with Crippen LogP contribution >= 0.6 is 11.3 Å². The third kappa shape index (κ3) is 3.05. The first-order valence-electron chi connectivity index (χ1n) is 9.30. The van der Waals surface area contributed by atoms with Crippen LogP contribution in [0.3, 0.4) is 0 Å². The Bertz CT molecular complexity index is 1340. The molecule has 7 heteroatoms. The van der Waals surface area contributed by atoms with Crippen molar-refractivity contribution in [1.29, 1.82) is 0 Å². The lowest BCUT2D eigenvalue weighted by molar-refractivity contribution is 0.102. The molecule has 3 heterocycles. The molecule has 5 aromatic rings. The number of nitrogens with one attached hydrogen (secondary N) is 1. The van der Waals surface area contributed by atoms with Crippen LogP contribution in [0.5, 0.6) is 0 Å². The van der Waals surface area contributed by atoms with Gasteiger partial charge in [-0.15, -0.1) is 11.3 Å². The zero-order valence-electron chi connectivity index (χ0n) is 15.7. The molecule has 0 aliphatic rings. The molecule has 3 aromatic heterocycles. The highest BCUT2D eigenvalue weighted by Gasteiger charge is 2.15. The molecule has 0 atom stereocenters. The molecule has 0 bridgehead atoms. The Balaban J connectivity index is 1.47. The summed E-state index contributed by atoms with van der Waals surface area (Å²) in [5.41, 5.74) is 3.45. The number of nitrogens with zero attached hydrogens (tertiary/aromatic N) is 4. The number of fused-ring (bicyclic) bond motifs is 3. The third-order valence-corrected chi connectivity index (χ3v) is 5.68. The van der Waals surface area contributed by atoms with Gasteiger partial charge in [0.05, 0.1) is 0 Å². The number of hydrogen-bond acceptors (Lipinski definition) is 5. The first-order chi connectivity index (χ1) is 14.2. The molecule has 0 aliphatic carbocycles. The van der Waals surface area contributed by atoms with Crippen LogP contribution < -0.4 is 5.32 Å². The van der Waals surface area contributed by atoms with E-state index >= 15 is 0 Å². The third-order valence-electron chi connectivity index (χ3n) is 4.84. The van der Waals surface area contributed by atoms with Crippen molar-refractivity contribution in [2.45, 2.75) is 13.5 Å². The Kier molecular flexibility index (Phi) is 4.29. The van der Waals surface area contributed by atoms with E-state index in [2.05, 4.69) is 50.0 Å². The zero-order valence-corrected chi connectivity index (χ0v) is 16.5. The van der Waals surface area contributed by atoms with Gasteiger partial charge >= 0.3 is 0 Å². The van der Waals surface area contributed by atoms with Crippen molar-refractivity contribution in [3.8, 4) is 10.8 Å². The van der Waals surface area contributed by atoms with Crippen LogP contribution in [-0.4, -0.2) is 25.4 Å². The van der Waals surface area contributed by atoms with Gasteiger partial charge in [0, 0.05) is 51.8 Å². The maximum absolute atomic E-state index is 12.7. The topological polar surface area (TPSA) is 72.7 Å². The first kappa shape index (κ1) is 17.5. The SMILES string of the molecule is CCn1c2ccccc2c2cc(NC(=O)c3csc(-c4ncccn4)n3)ccc21. The van der Waals surface area contributed by atoms with Crippen molar-refractivity contribution in [2.24, 2.45) is 0 Å². The van der Waals surface area contributed by atoms with E-state index in [-0.39, 0.29) is 5.91 Å². The second kappa shape index (κ2) is 7.10. The highest BCUT2D eigenvalue weighted by molar-refractivity contribution is 7.13. The largest absolute Gasteiger partial charge is 0.341 e. The summed E-state index contributed by atoms with van der Waals surface area (Å²) in [6.07, 6.45) is 3.32. The fourth-order valence-corrected chi connectivity index (χ4v) is 4.30. The van der Waals surface area contributed by atoms with Crippen LogP contribution in [0.25, 0.3) is 32.6 Å². The van der Waals surface area contributed by atoms with Crippen molar-refractivity contribution < 1.29 is 4.79 Å². The van der Waals surface area contributed by atoms with Crippen LogP contribution in [0, 0.1) is 0 Å². The van der Waals surface area contributed by atoms with E-state index in [4.69, 9.17) is 0 Å². The highest BCUT2D eigenvalue weighted by atomic mass is 32.1. The normalized spacial score (nSPS) is 11.2. The molecule has 5 rings (SSSR count). The number of thiazole rings is 1. The number of aromatic nitrogens is 4. The molecule has 1 amide bonds. The second-order valence-electron chi connectivity index (χ2n) is 6.56. The number of carbonyl (C=O) groups excluding carboxylic acids is 1. The van der Waals surface area contributed by atoms with Gasteiger partial charge in [0.2, 0.25) is 0 Å². The summed E-state index contributed by atoms with van der Waals surface area (Å²) >= 11 is 1.35. The number of hydrogen-bond donors (Lipinski definition) is 1. The van der Waals surface area contributed by atoms with Gasteiger partial charge in [0.25, 0.3) is 5.91 Å². The number of rotatable bonds is 4. The maximum atomic E-state index is 12.7. The summed E-state index contributed by atoms with van der Waals surface area (Å²) in [4.78, 5) is 25.5. The van der Waals surface area contributed by atoms with Crippen molar-refractivity contribution in [2.75, 3.05) is 5.32 Å². The van der Waals surface area contributed by atoms with Gasteiger partial charge in [0.15, 0.2) is 10.8 Å². The minimum Gasteiger partial charge on any atom is -0.341 e. The van der Waals surface area contributed by atoms with Crippen LogP contribution in [-0.2, 0) is 6.54 Å². The van der Waals surface area contributed by atoms with E-state index in [1.165, 1.54) is 22.2 Å². The molecule has 29 heavy (non-hydrogen) atoms. The molecule has 0 unspecified atom stereocenters. The fraction of sp³-hybridized carbons (Fsp3) is 0.0909. The summed E-state index contributed by atoms with van der Waals surface area (Å²) in [5, 5.41) is 7.61. The van der Waals surface area contributed by atoms with Crippen molar-refractivity contribution in [1.82, 2.24) is 19.5 Å². The predicted molar refractivity (Wildman–Crippen MR) is 116 cm³/mol. The fourth-order valence-electron chi connectivity index (χ4n) is 3.56. The average Bonchev–Trinajstić information content (AvgIpc) is 3.37. The van der Waals surface area contributed by atoms with Crippen LogP contribution in [0.1, 0.15) is 17.4 Å². The molecule has 0 saturated carbocycles. The Morgan fingerprint density at radius 2 is 1.83 bits per heavy atom. The van der Waals surface area contributed by atoms with E-state index in [9.17, 15) is 4.79 Å². The molecular weight excluding hydrogens is 382 g/mol. The molecule has 142 valence electrons. The summed E-state index contributed by atoms with van der Waals surface area (Å²) in [7, 11) is 0. The quantitative estimate of drug-likeness (QED) is 0.463. The first-order valence-corrected chi connectivity index (χ1v) is 10.2. The molecule has 0 radical (unpaired) electrons. The smallest absolute Gasteiger partial charge is 0.275 e. The van der Waals surface area contributed by atoms with E-state index < -0.39 is 0 Å². The number of benzene rings is 2. The molecule has 6 nitrogen and oxygen atoms in total. The lowest BCUT2D eigenvalue weighted by Crippen LogP contribution is -2.12. The summed E-state index contributed by atoms with van der Waals surface area (Å²) in [6.45, 7) is 3.02. The molecular formula is C22H17N5OS. The molecule has 0 saturated heterocycles. The minimum absolute atomic E-state index is 0.248. The number of anilines is 1. The Morgan fingerprint density at radius 3 is 2.66 bits per heavy atom. The molecule has 0 spiro atoms. The van der Waals surface area contributed by atoms with Crippen LogP contribution in [0.15, 0.2) is 66.3 Å². The van der Waals surface area contributed by atoms with Gasteiger partial charge in [-0.25, -0.2) is 15.0 Å². The lowest BCUT2D eigenvalue weighted by atomic mass is 10.1. The number of aryl methyl sites for hydroxylation is 1. The summed E-state index contributed by atoms with van der Waals surface area (Å²) in [6, 6.07) is 16.1. The van der Waals surface area contributed by atoms with Crippen molar-refractivity contribution >= 4 is 44.7 Å². The Hall–Kier alpha value is -3.58. The lowest BCUT2D eigenvalue weighted by Gasteiger charge is -2.05. The highest BCUT2D eigenvalue weighted by Crippen LogP contribution is 2.31. The van der Waals surface area contributed by atoms with Crippen molar-refractivity contribution in [3.05, 3.63) is 72.0 Å². The van der Waals surface area contributed by atoms with Crippen molar-refractivity contribution in [3.63, 3.8) is 0 Å². The monoisotopic (exact) mass is 399 g/mol. The van der Waals surface area contributed by atoms with Gasteiger partial charge in [-0.1, -0.05) is 18.2 Å². The van der Waals surface area contributed by atoms with Gasteiger partial charge in [-0.3, -0.25) is 4.79 Å². The van der Waals surface area contributed by atoms with E-state index in [0.29, 0.717) is 16.5 Å². The van der Waals surface area contributed by atoms with E-state index in [1.807, 2.05) is 24.3 Å². The molecule has 0 aliphatic heterocycles.